The van der Waals surface area contributed by atoms with Gasteiger partial charge in [0.25, 0.3) is 10.0 Å². The Hall–Kier alpha value is -0.890. The van der Waals surface area contributed by atoms with Crippen molar-refractivity contribution in [3.8, 4) is 0 Å². The summed E-state index contributed by atoms with van der Waals surface area (Å²) >= 11 is 0. The van der Waals surface area contributed by atoms with Crippen LogP contribution in [-0.4, -0.2) is 79.0 Å². The van der Waals surface area contributed by atoms with Crippen LogP contribution in [0.1, 0.15) is 6.92 Å². The summed E-state index contributed by atoms with van der Waals surface area (Å²) in [5, 5.41) is 2.14. The fourth-order valence-corrected chi connectivity index (χ4v) is 3.67. The predicted molar refractivity (Wildman–Crippen MR) is 73.6 cm³/mol. The SMILES string of the molecule is CCN(CC(O)CS(=O)(=O)[O-])S(=O)(=O)C(F)(F)C(F)(F)C(F)(F)C(F)(F)F.[NH4+]. The first-order chi connectivity index (χ1) is 11.6. The third-order valence-corrected chi connectivity index (χ3v) is 5.73. The number of rotatable bonds is 9. The lowest BCUT2D eigenvalue weighted by molar-refractivity contribution is -0.382. The van der Waals surface area contributed by atoms with Crippen molar-refractivity contribution in [2.24, 2.45) is 0 Å². The minimum atomic E-state index is -7.47. The quantitative estimate of drug-likeness (QED) is 0.374. The third kappa shape index (κ3) is 5.38. The molecule has 0 aliphatic rings. The summed E-state index contributed by atoms with van der Waals surface area (Å²) in [5.74, 6) is -16.7. The van der Waals surface area contributed by atoms with Crippen molar-refractivity contribution in [3.63, 3.8) is 0 Å². The number of quaternary nitrogens is 1. The molecule has 0 amide bonds. The molecule has 0 bridgehead atoms. The summed E-state index contributed by atoms with van der Waals surface area (Å²) < 4.78 is 169. The molecule has 8 nitrogen and oxygen atoms in total. The number of halogens is 9. The first kappa shape index (κ1) is 29.3. The third-order valence-electron chi connectivity index (χ3n) is 2.94. The zero-order valence-corrected chi connectivity index (χ0v) is 15.5. The van der Waals surface area contributed by atoms with Crippen molar-refractivity contribution in [2.75, 3.05) is 18.8 Å². The number of nitrogens with zero attached hydrogens (tertiary/aromatic N) is 1. The number of aliphatic hydroxyl groups is 1. The summed E-state index contributed by atoms with van der Waals surface area (Å²) in [6, 6.07) is 0. The van der Waals surface area contributed by atoms with Crippen molar-refractivity contribution in [1.29, 1.82) is 0 Å². The van der Waals surface area contributed by atoms with Gasteiger partial charge in [-0.3, -0.25) is 0 Å². The molecule has 0 spiro atoms. The Morgan fingerprint density at radius 2 is 1.32 bits per heavy atom. The molecule has 0 rings (SSSR count). The maximum absolute atomic E-state index is 13.6. The van der Waals surface area contributed by atoms with Crippen molar-refractivity contribution in [3.05, 3.63) is 0 Å². The fraction of sp³-hybridized carbons (Fsp3) is 1.00. The van der Waals surface area contributed by atoms with Crippen LogP contribution in [0, 0.1) is 0 Å². The van der Waals surface area contributed by atoms with Gasteiger partial charge in [-0.05, 0) is 0 Å². The lowest BCUT2D eigenvalue weighted by Gasteiger charge is -2.35. The monoisotopic (exact) mass is 482 g/mol. The Labute approximate surface area is 152 Å². The van der Waals surface area contributed by atoms with Gasteiger partial charge >= 0.3 is 23.3 Å². The van der Waals surface area contributed by atoms with E-state index in [1.165, 1.54) is 0 Å². The number of hydrogen-bond acceptors (Lipinski definition) is 6. The van der Waals surface area contributed by atoms with Gasteiger partial charge in [-0.25, -0.2) is 16.8 Å². The normalized spacial score (nSPS) is 16.0. The van der Waals surface area contributed by atoms with Crippen LogP contribution in [0.5, 0.6) is 0 Å². The molecule has 0 aromatic heterocycles. The van der Waals surface area contributed by atoms with Crippen molar-refractivity contribution in [2.45, 2.75) is 36.3 Å². The fourth-order valence-electron chi connectivity index (χ4n) is 1.61. The van der Waals surface area contributed by atoms with Crippen LogP contribution in [0.2, 0.25) is 0 Å². The zero-order chi connectivity index (χ0) is 22.3. The molecule has 0 aliphatic carbocycles. The highest BCUT2D eigenvalue weighted by Gasteiger charge is 2.85. The highest BCUT2D eigenvalue weighted by atomic mass is 32.2. The number of aliphatic hydroxyl groups excluding tert-OH is 1. The molecular weight excluding hydrogens is 467 g/mol. The van der Waals surface area contributed by atoms with Crippen LogP contribution in [-0.2, 0) is 20.1 Å². The summed E-state index contributed by atoms with van der Waals surface area (Å²) in [7, 11) is -12.2. The van der Waals surface area contributed by atoms with E-state index in [1.54, 1.807) is 0 Å². The van der Waals surface area contributed by atoms with Gasteiger partial charge in [0.1, 0.15) is 0 Å². The van der Waals surface area contributed by atoms with E-state index in [4.69, 9.17) is 5.11 Å². The number of hydrogen-bond donors (Lipinski definition) is 2. The average Bonchev–Trinajstić information content (AvgIpc) is 2.40. The minimum Gasteiger partial charge on any atom is -0.748 e. The van der Waals surface area contributed by atoms with Gasteiger partial charge in [0.05, 0.1) is 22.0 Å². The van der Waals surface area contributed by atoms with Crippen LogP contribution < -0.4 is 6.15 Å². The Morgan fingerprint density at radius 1 is 0.929 bits per heavy atom. The number of sulfonamides is 1. The standard InChI is InChI=1S/C9H12F9NO6S2.H3N/c1-2-19(3-5(20)4-26(21,22)23)27(24,25)9(17,18)7(12,13)6(10,11)8(14,15)16;/h5,20H,2-4H2,1H3,(H,21,22,23);1H3. The molecule has 19 heteroatoms. The van der Waals surface area contributed by atoms with Crippen LogP contribution in [0.4, 0.5) is 39.5 Å². The van der Waals surface area contributed by atoms with Gasteiger partial charge in [-0.1, -0.05) is 6.92 Å². The van der Waals surface area contributed by atoms with Gasteiger partial charge < -0.3 is 15.8 Å². The molecule has 0 saturated heterocycles. The molecular formula is C9H15F9N2O6S2. The molecule has 1 atom stereocenters. The first-order valence-corrected chi connectivity index (χ1v) is 9.39. The topological polar surface area (TPSA) is 151 Å². The van der Waals surface area contributed by atoms with Crippen molar-refractivity contribution < 1.29 is 66.0 Å². The van der Waals surface area contributed by atoms with Crippen LogP contribution in [0.25, 0.3) is 0 Å². The largest absolute Gasteiger partial charge is 0.748 e. The number of likely N-dealkylation sites (N-methyl/N-ethyl adjacent to an activating group) is 1. The van der Waals surface area contributed by atoms with E-state index in [1.807, 2.05) is 0 Å². The summed E-state index contributed by atoms with van der Waals surface area (Å²) in [4.78, 5) is 0. The first-order valence-electron chi connectivity index (χ1n) is 6.37. The van der Waals surface area contributed by atoms with E-state index < -0.39 is 72.7 Å². The van der Waals surface area contributed by atoms with E-state index >= 15 is 0 Å². The van der Waals surface area contributed by atoms with Crippen LogP contribution >= 0.6 is 0 Å². The molecule has 0 fully saturated rings. The smallest absolute Gasteiger partial charge is 0.460 e. The molecule has 0 aliphatic heterocycles. The minimum absolute atomic E-state index is 0. The summed E-state index contributed by atoms with van der Waals surface area (Å²) in [5.41, 5.74) is 0. The molecule has 0 heterocycles. The Balaban J connectivity index is 0. The molecule has 0 saturated carbocycles. The van der Waals surface area contributed by atoms with Crippen molar-refractivity contribution >= 4 is 20.1 Å². The lowest BCUT2D eigenvalue weighted by atomic mass is 10.1. The molecule has 0 aromatic carbocycles. The van der Waals surface area contributed by atoms with Crippen molar-refractivity contribution in [1.82, 2.24) is 10.5 Å². The van der Waals surface area contributed by atoms with E-state index in [0.717, 1.165) is 0 Å². The zero-order valence-electron chi connectivity index (χ0n) is 13.9. The highest BCUT2D eigenvalue weighted by molar-refractivity contribution is 7.90. The van der Waals surface area contributed by atoms with Crippen LogP contribution in [0.15, 0.2) is 0 Å². The molecule has 0 radical (unpaired) electrons. The summed E-state index contributed by atoms with van der Waals surface area (Å²) in [6.45, 7) is -2.42. The molecule has 28 heavy (non-hydrogen) atoms. The van der Waals surface area contributed by atoms with Gasteiger partial charge in [0.2, 0.25) is 0 Å². The van der Waals surface area contributed by atoms with Gasteiger partial charge in [0.15, 0.2) is 0 Å². The Morgan fingerprint density at radius 3 is 1.61 bits per heavy atom. The van der Waals surface area contributed by atoms with E-state index in [0.29, 0.717) is 6.92 Å². The second-order valence-electron chi connectivity index (χ2n) is 5.00. The molecule has 0 aromatic rings. The maximum atomic E-state index is 13.6. The second kappa shape index (κ2) is 8.46. The summed E-state index contributed by atoms with van der Waals surface area (Å²) in [6.07, 6.45) is -9.81. The maximum Gasteiger partial charge on any atom is 0.460 e. The average molecular weight is 482 g/mol. The Bertz CT molecular complexity index is 738. The van der Waals surface area contributed by atoms with E-state index in [9.17, 15) is 60.9 Å². The predicted octanol–water partition coefficient (Wildman–Crippen LogP) is 1.35. The molecule has 5 N–H and O–H groups in total. The van der Waals surface area contributed by atoms with Gasteiger partial charge in [-0.15, -0.1) is 0 Å². The van der Waals surface area contributed by atoms with Crippen LogP contribution in [0.3, 0.4) is 0 Å². The lowest BCUT2D eigenvalue weighted by Crippen LogP contribution is -2.65. The number of alkyl halides is 9. The van der Waals surface area contributed by atoms with Gasteiger partial charge in [-0.2, -0.15) is 43.8 Å². The molecule has 1 unspecified atom stereocenters. The molecule has 172 valence electrons. The highest BCUT2D eigenvalue weighted by Crippen LogP contribution is 2.55. The van der Waals surface area contributed by atoms with E-state index in [2.05, 4.69) is 0 Å². The van der Waals surface area contributed by atoms with E-state index in [-0.39, 0.29) is 6.15 Å². The Kier molecular flexibility index (Phi) is 8.86. The van der Waals surface area contributed by atoms with Gasteiger partial charge in [0, 0.05) is 13.1 Å². The second-order valence-corrected chi connectivity index (χ2v) is 8.43.